The van der Waals surface area contributed by atoms with Crippen molar-refractivity contribution < 1.29 is 29.0 Å². The molecule has 0 radical (unpaired) electrons. The molecule has 0 saturated carbocycles. The Morgan fingerprint density at radius 1 is 1.37 bits per heavy atom. The normalized spacial score (nSPS) is 19.8. The van der Waals surface area contributed by atoms with Crippen LogP contribution in [0.5, 0.6) is 0 Å². The molecule has 166 valence electrons. The maximum Gasteiger partial charge on any atom is 0.413 e. The summed E-state index contributed by atoms with van der Waals surface area (Å²) < 4.78 is 10.3. The van der Waals surface area contributed by atoms with Gasteiger partial charge < -0.3 is 19.9 Å². The van der Waals surface area contributed by atoms with E-state index in [-0.39, 0.29) is 18.5 Å². The monoisotopic (exact) mass is 440 g/mol. The summed E-state index contributed by atoms with van der Waals surface area (Å²) in [6, 6.07) is 0.473. The van der Waals surface area contributed by atoms with Gasteiger partial charge in [-0.1, -0.05) is 0 Å². The molecule has 1 aromatic heterocycles. The van der Waals surface area contributed by atoms with Crippen LogP contribution >= 0.6 is 11.3 Å². The number of methoxy groups -OCH3 is 1. The second-order valence-electron chi connectivity index (χ2n) is 8.01. The van der Waals surface area contributed by atoms with Crippen molar-refractivity contribution in [1.82, 2.24) is 15.5 Å². The molecule has 1 aliphatic heterocycles. The molecule has 1 unspecified atom stereocenters. The number of carboxylic acid groups (broad SMARTS) is 1. The molecule has 1 aliphatic rings. The summed E-state index contributed by atoms with van der Waals surface area (Å²) in [6.07, 6.45) is -1.91. The fraction of sp³-hybridized carbons (Fsp3) is 0.579. The van der Waals surface area contributed by atoms with Gasteiger partial charge in [-0.05, 0) is 33.8 Å². The van der Waals surface area contributed by atoms with Crippen molar-refractivity contribution in [3.63, 3.8) is 0 Å². The van der Waals surface area contributed by atoms with Gasteiger partial charge in [0, 0.05) is 29.4 Å². The first-order chi connectivity index (χ1) is 13.9. The second kappa shape index (κ2) is 9.43. The number of alkyl carbamates (subject to hydrolysis) is 1. The maximum absolute atomic E-state index is 12.6. The van der Waals surface area contributed by atoms with Crippen molar-refractivity contribution in [1.29, 1.82) is 5.41 Å². The zero-order chi connectivity index (χ0) is 22.6. The summed E-state index contributed by atoms with van der Waals surface area (Å²) in [5.41, 5.74) is -0.191. The van der Waals surface area contributed by atoms with E-state index in [2.05, 4.69) is 10.6 Å². The Bertz CT molecular complexity index is 818. The molecular weight excluding hydrogens is 412 g/mol. The zero-order valence-corrected chi connectivity index (χ0v) is 18.5. The summed E-state index contributed by atoms with van der Waals surface area (Å²) in [5, 5.41) is 24.3. The van der Waals surface area contributed by atoms with Crippen LogP contribution in [0.25, 0.3) is 0 Å². The largest absolute Gasteiger partial charge is 0.465 e. The van der Waals surface area contributed by atoms with Gasteiger partial charge in [0.25, 0.3) is 0 Å². The highest BCUT2D eigenvalue weighted by atomic mass is 32.1. The van der Waals surface area contributed by atoms with Gasteiger partial charge in [-0.2, -0.15) is 0 Å². The van der Waals surface area contributed by atoms with E-state index in [4.69, 9.17) is 14.9 Å². The zero-order valence-electron chi connectivity index (χ0n) is 17.6. The summed E-state index contributed by atoms with van der Waals surface area (Å²) in [7, 11) is 1.49. The molecule has 0 spiro atoms. The second-order valence-corrected chi connectivity index (χ2v) is 8.96. The smallest absolute Gasteiger partial charge is 0.413 e. The SMILES string of the molecule is CO[C@@H]1C[C@@H](C(=O)NC(C)c2cc(C(=N)NC(=O)OC(C)(C)C)cs2)N(C(=O)O)C1. The van der Waals surface area contributed by atoms with Crippen LogP contribution < -0.4 is 10.6 Å². The topological polar surface area (TPSA) is 141 Å². The van der Waals surface area contributed by atoms with Gasteiger partial charge in [-0.15, -0.1) is 11.3 Å². The van der Waals surface area contributed by atoms with E-state index >= 15 is 0 Å². The van der Waals surface area contributed by atoms with E-state index in [1.54, 1.807) is 39.1 Å². The number of likely N-dealkylation sites (tertiary alicyclic amines) is 1. The number of nitrogens with one attached hydrogen (secondary N) is 3. The lowest BCUT2D eigenvalue weighted by Crippen LogP contribution is -2.46. The number of hydrogen-bond donors (Lipinski definition) is 4. The fourth-order valence-electron chi connectivity index (χ4n) is 3.00. The van der Waals surface area contributed by atoms with Gasteiger partial charge in [-0.25, -0.2) is 9.59 Å². The van der Waals surface area contributed by atoms with E-state index in [1.807, 2.05) is 0 Å². The van der Waals surface area contributed by atoms with E-state index in [0.29, 0.717) is 12.0 Å². The van der Waals surface area contributed by atoms with E-state index in [9.17, 15) is 19.5 Å². The van der Waals surface area contributed by atoms with Crippen LogP contribution in [0.15, 0.2) is 11.4 Å². The Hall–Kier alpha value is -2.66. The number of ether oxygens (including phenoxy) is 2. The van der Waals surface area contributed by atoms with Crippen molar-refractivity contribution in [2.75, 3.05) is 13.7 Å². The van der Waals surface area contributed by atoms with Crippen molar-refractivity contribution in [2.24, 2.45) is 0 Å². The van der Waals surface area contributed by atoms with Crippen molar-refractivity contribution in [3.05, 3.63) is 21.9 Å². The first-order valence-electron chi connectivity index (χ1n) is 9.41. The quantitative estimate of drug-likeness (QED) is 0.410. The summed E-state index contributed by atoms with van der Waals surface area (Å²) in [6.45, 7) is 7.11. The van der Waals surface area contributed by atoms with Gasteiger partial charge in [0.2, 0.25) is 5.91 Å². The van der Waals surface area contributed by atoms with Gasteiger partial charge in [0.15, 0.2) is 0 Å². The first-order valence-corrected chi connectivity index (χ1v) is 10.3. The molecule has 2 heterocycles. The first kappa shape index (κ1) is 23.6. The Balaban J connectivity index is 1.98. The predicted octanol–water partition coefficient (Wildman–Crippen LogP) is 2.54. The van der Waals surface area contributed by atoms with Gasteiger partial charge >= 0.3 is 12.2 Å². The number of carbonyl (C=O) groups is 3. The number of nitrogens with zero attached hydrogens (tertiary/aromatic N) is 1. The highest BCUT2D eigenvalue weighted by Gasteiger charge is 2.40. The molecule has 1 aromatic rings. The number of amidine groups is 1. The lowest BCUT2D eigenvalue weighted by molar-refractivity contribution is -0.125. The number of carbonyl (C=O) groups excluding carboxylic acids is 2. The van der Waals surface area contributed by atoms with Crippen LogP contribution in [0.3, 0.4) is 0 Å². The van der Waals surface area contributed by atoms with Gasteiger partial charge in [0.05, 0.1) is 18.7 Å². The Morgan fingerprint density at radius 2 is 2.03 bits per heavy atom. The predicted molar refractivity (Wildman–Crippen MR) is 111 cm³/mol. The molecule has 11 heteroatoms. The third-order valence-corrected chi connectivity index (χ3v) is 5.58. The third kappa shape index (κ3) is 6.17. The van der Waals surface area contributed by atoms with Crippen LogP contribution in [0, 0.1) is 5.41 Å². The molecule has 1 fully saturated rings. The number of thiophene rings is 1. The summed E-state index contributed by atoms with van der Waals surface area (Å²) in [5.74, 6) is -0.512. The average Bonchev–Trinajstić information content (AvgIpc) is 3.27. The van der Waals surface area contributed by atoms with E-state index in [0.717, 1.165) is 9.78 Å². The van der Waals surface area contributed by atoms with Crippen LogP contribution in [0.1, 0.15) is 50.6 Å². The van der Waals surface area contributed by atoms with Crippen molar-refractivity contribution in [2.45, 2.75) is 57.9 Å². The molecule has 0 aliphatic carbocycles. The number of rotatable bonds is 5. The van der Waals surface area contributed by atoms with Crippen molar-refractivity contribution >= 4 is 35.3 Å². The Labute approximate surface area is 179 Å². The van der Waals surface area contributed by atoms with E-state index < -0.39 is 35.8 Å². The highest BCUT2D eigenvalue weighted by molar-refractivity contribution is 7.10. The Morgan fingerprint density at radius 3 is 2.60 bits per heavy atom. The molecular formula is C19H28N4O6S. The highest BCUT2D eigenvalue weighted by Crippen LogP contribution is 2.25. The van der Waals surface area contributed by atoms with Gasteiger partial charge in [-0.3, -0.25) is 20.4 Å². The lowest BCUT2D eigenvalue weighted by Gasteiger charge is -2.22. The molecule has 2 rings (SSSR count). The molecule has 0 aromatic carbocycles. The average molecular weight is 441 g/mol. The molecule has 10 nitrogen and oxygen atoms in total. The Kier molecular flexibility index (Phi) is 7.43. The number of hydrogen-bond acceptors (Lipinski definition) is 7. The number of amides is 3. The molecule has 30 heavy (non-hydrogen) atoms. The van der Waals surface area contributed by atoms with Crippen LogP contribution in [-0.2, 0) is 14.3 Å². The molecule has 4 N–H and O–H groups in total. The maximum atomic E-state index is 12.6. The van der Waals surface area contributed by atoms with Crippen LogP contribution in [-0.4, -0.2) is 65.3 Å². The minimum absolute atomic E-state index is 0.110. The minimum Gasteiger partial charge on any atom is -0.465 e. The van der Waals surface area contributed by atoms with Gasteiger partial charge in [0.1, 0.15) is 17.5 Å². The summed E-state index contributed by atoms with van der Waals surface area (Å²) in [4.78, 5) is 37.7. The molecule has 1 saturated heterocycles. The van der Waals surface area contributed by atoms with E-state index in [1.165, 1.54) is 18.4 Å². The standard InChI is InChI=1S/C19H28N4O6S/c1-10(21-16(24)13-7-12(28-5)8-23(13)18(26)27)14-6-11(9-30-14)15(20)22-17(25)29-19(2,3)4/h6,9-10,12-13H,7-8H2,1-5H3,(H,21,24)(H,26,27)(H2,20,22,25)/t10?,12-,13+/m1/s1. The fourth-order valence-corrected chi connectivity index (χ4v) is 3.90. The lowest BCUT2D eigenvalue weighted by atomic mass is 10.1. The summed E-state index contributed by atoms with van der Waals surface area (Å²) >= 11 is 1.32. The molecule has 0 bridgehead atoms. The van der Waals surface area contributed by atoms with Crippen LogP contribution in [0.2, 0.25) is 0 Å². The van der Waals surface area contributed by atoms with Crippen LogP contribution in [0.4, 0.5) is 9.59 Å². The minimum atomic E-state index is -1.16. The van der Waals surface area contributed by atoms with Crippen molar-refractivity contribution in [3.8, 4) is 0 Å². The molecule has 3 amide bonds. The molecule has 3 atom stereocenters. The third-order valence-electron chi connectivity index (χ3n) is 4.46.